The highest BCUT2D eigenvalue weighted by Gasteiger charge is 2.36. The fourth-order valence-electron chi connectivity index (χ4n) is 2.94. The molecule has 1 N–H and O–H groups in total. The van der Waals surface area contributed by atoms with E-state index in [1.807, 2.05) is 4.90 Å². The van der Waals surface area contributed by atoms with Crippen LogP contribution in [0.1, 0.15) is 12.8 Å². The molecule has 2 aliphatic heterocycles. The Morgan fingerprint density at radius 3 is 2.15 bits per heavy atom. The standard InChI is InChI=1S/C12H23N3O8S3/c1-24(17,18)13-25(19,20)9-2-10-26(21,22)15-6-4-14(5-7-15)11-3-8-23-12(11)16/h11,13H,2-10H2,1H3. The number of hydrogen-bond donors (Lipinski definition) is 1. The minimum Gasteiger partial charge on any atom is -0.464 e. The maximum absolute atomic E-state index is 12.3. The van der Waals surface area contributed by atoms with Crippen molar-refractivity contribution in [2.24, 2.45) is 0 Å². The lowest BCUT2D eigenvalue weighted by Gasteiger charge is -2.35. The number of hydrogen-bond acceptors (Lipinski definition) is 9. The van der Waals surface area contributed by atoms with E-state index in [1.165, 1.54) is 8.43 Å². The first-order valence-corrected chi connectivity index (χ1v) is 13.1. The van der Waals surface area contributed by atoms with Crippen LogP contribution >= 0.6 is 0 Å². The Balaban J connectivity index is 1.83. The summed E-state index contributed by atoms with van der Waals surface area (Å²) in [6, 6.07) is -0.327. The minimum atomic E-state index is -4.10. The lowest BCUT2D eigenvalue weighted by atomic mass is 10.2. The van der Waals surface area contributed by atoms with E-state index in [2.05, 4.69) is 0 Å². The van der Waals surface area contributed by atoms with Crippen LogP contribution in [-0.2, 0) is 39.6 Å². The van der Waals surface area contributed by atoms with Gasteiger partial charge in [-0.3, -0.25) is 9.69 Å². The summed E-state index contributed by atoms with van der Waals surface area (Å²) in [7, 11) is -11.7. The van der Waals surface area contributed by atoms with Crippen LogP contribution in [0.3, 0.4) is 0 Å². The average Bonchev–Trinajstić information content (AvgIpc) is 2.90. The number of nitrogens with zero attached hydrogens (tertiary/aromatic N) is 2. The molecule has 0 aromatic heterocycles. The number of carbonyl (C=O) groups excluding carboxylic acids is 1. The zero-order valence-corrected chi connectivity index (χ0v) is 16.8. The first-order valence-electron chi connectivity index (χ1n) is 7.99. The number of rotatable bonds is 8. The lowest BCUT2D eigenvalue weighted by Crippen LogP contribution is -2.53. The van der Waals surface area contributed by atoms with Gasteiger partial charge in [0.15, 0.2) is 0 Å². The van der Waals surface area contributed by atoms with Crippen molar-refractivity contribution in [3.05, 3.63) is 0 Å². The van der Waals surface area contributed by atoms with Crippen LogP contribution in [0.25, 0.3) is 0 Å². The molecule has 0 amide bonds. The molecule has 152 valence electrons. The molecular weight excluding hydrogens is 410 g/mol. The van der Waals surface area contributed by atoms with Gasteiger partial charge >= 0.3 is 5.97 Å². The van der Waals surface area contributed by atoms with Gasteiger partial charge in [0.2, 0.25) is 30.1 Å². The van der Waals surface area contributed by atoms with E-state index in [0.29, 0.717) is 32.4 Å². The van der Waals surface area contributed by atoms with Crippen LogP contribution in [0, 0.1) is 0 Å². The van der Waals surface area contributed by atoms with Gasteiger partial charge in [-0.1, -0.05) is 0 Å². The second kappa shape index (κ2) is 8.06. The Morgan fingerprint density at radius 2 is 1.65 bits per heavy atom. The van der Waals surface area contributed by atoms with Crippen LogP contribution in [0.2, 0.25) is 0 Å². The fraction of sp³-hybridized carbons (Fsp3) is 0.917. The lowest BCUT2D eigenvalue weighted by molar-refractivity contribution is -0.142. The van der Waals surface area contributed by atoms with Gasteiger partial charge < -0.3 is 4.74 Å². The van der Waals surface area contributed by atoms with Crippen molar-refractivity contribution in [1.82, 2.24) is 13.3 Å². The number of sulfonamides is 3. The van der Waals surface area contributed by atoms with Crippen LogP contribution in [0.5, 0.6) is 0 Å². The van der Waals surface area contributed by atoms with Gasteiger partial charge in [0.25, 0.3) is 0 Å². The van der Waals surface area contributed by atoms with E-state index in [9.17, 15) is 30.0 Å². The summed E-state index contributed by atoms with van der Waals surface area (Å²) < 4.78 is 77.4. The van der Waals surface area contributed by atoms with Crippen molar-refractivity contribution in [2.45, 2.75) is 18.9 Å². The predicted molar refractivity (Wildman–Crippen MR) is 92.7 cm³/mol. The summed E-state index contributed by atoms with van der Waals surface area (Å²) in [5.41, 5.74) is 0. The number of carbonyl (C=O) groups is 1. The zero-order valence-electron chi connectivity index (χ0n) is 14.3. The molecule has 0 aromatic carbocycles. The van der Waals surface area contributed by atoms with Gasteiger partial charge in [-0.05, 0) is 6.42 Å². The molecule has 0 aromatic rings. The topological polar surface area (TPSA) is 147 Å². The molecule has 2 saturated heterocycles. The molecule has 0 aliphatic carbocycles. The van der Waals surface area contributed by atoms with Gasteiger partial charge in [0, 0.05) is 32.6 Å². The van der Waals surface area contributed by atoms with Gasteiger partial charge in [0.1, 0.15) is 6.04 Å². The first kappa shape index (κ1) is 21.5. The molecule has 0 spiro atoms. The maximum Gasteiger partial charge on any atom is 0.323 e. The van der Waals surface area contributed by atoms with Crippen molar-refractivity contribution in [3.8, 4) is 0 Å². The van der Waals surface area contributed by atoms with Crippen molar-refractivity contribution in [3.63, 3.8) is 0 Å². The second-order valence-electron chi connectivity index (χ2n) is 6.25. The third-order valence-electron chi connectivity index (χ3n) is 4.11. The maximum atomic E-state index is 12.3. The molecule has 2 heterocycles. The van der Waals surface area contributed by atoms with Gasteiger partial charge in [-0.25, -0.2) is 25.3 Å². The molecule has 1 atom stereocenters. The second-order valence-corrected chi connectivity index (χ2v) is 12.2. The van der Waals surface area contributed by atoms with E-state index in [0.717, 1.165) is 0 Å². The average molecular weight is 434 g/mol. The molecule has 1 unspecified atom stereocenters. The molecule has 0 bridgehead atoms. The summed E-state index contributed by atoms with van der Waals surface area (Å²) in [6.45, 7) is 1.58. The smallest absolute Gasteiger partial charge is 0.323 e. The minimum absolute atomic E-state index is 0.209. The summed E-state index contributed by atoms with van der Waals surface area (Å²) in [5.74, 6) is -1.29. The number of piperazine rings is 1. The number of ether oxygens (including phenoxy) is 1. The Labute approximate surface area is 153 Å². The Hall–Kier alpha value is -0.800. The third-order valence-corrected chi connectivity index (χ3v) is 9.12. The zero-order chi connectivity index (χ0) is 19.6. The Bertz CT molecular complexity index is 829. The normalized spacial score (nSPS) is 23.9. The van der Waals surface area contributed by atoms with E-state index in [-0.39, 0.29) is 31.5 Å². The number of nitrogens with one attached hydrogen (secondary N) is 1. The third kappa shape index (κ3) is 6.13. The van der Waals surface area contributed by atoms with E-state index in [4.69, 9.17) is 4.74 Å². The SMILES string of the molecule is CS(=O)(=O)NS(=O)(=O)CCCS(=O)(=O)N1CCN(C2CCOC2=O)CC1. The first-order chi connectivity index (χ1) is 11.9. The highest BCUT2D eigenvalue weighted by atomic mass is 32.3. The Morgan fingerprint density at radius 1 is 1.04 bits per heavy atom. The fourth-order valence-corrected chi connectivity index (χ4v) is 7.32. The molecule has 0 saturated carbocycles. The summed E-state index contributed by atoms with van der Waals surface area (Å²) >= 11 is 0. The monoisotopic (exact) mass is 433 g/mol. The quantitative estimate of drug-likeness (QED) is 0.411. The summed E-state index contributed by atoms with van der Waals surface area (Å²) in [4.78, 5) is 13.5. The molecule has 26 heavy (non-hydrogen) atoms. The van der Waals surface area contributed by atoms with Crippen LogP contribution in [-0.4, -0.2) is 97.0 Å². The van der Waals surface area contributed by atoms with Crippen molar-refractivity contribution in [1.29, 1.82) is 0 Å². The van der Waals surface area contributed by atoms with E-state index in [1.54, 1.807) is 0 Å². The molecule has 11 nitrogen and oxygen atoms in total. The molecule has 2 rings (SSSR count). The number of esters is 1. The van der Waals surface area contributed by atoms with Gasteiger partial charge in [-0.15, -0.1) is 4.13 Å². The van der Waals surface area contributed by atoms with Crippen LogP contribution < -0.4 is 4.13 Å². The van der Waals surface area contributed by atoms with Gasteiger partial charge in [0.05, 0.1) is 24.4 Å². The molecule has 2 fully saturated rings. The van der Waals surface area contributed by atoms with Crippen molar-refractivity contribution >= 4 is 36.0 Å². The molecule has 14 heteroatoms. The van der Waals surface area contributed by atoms with Crippen molar-refractivity contribution < 1.29 is 34.8 Å². The predicted octanol–water partition coefficient (Wildman–Crippen LogP) is -2.48. The summed E-state index contributed by atoms with van der Waals surface area (Å²) in [5, 5.41) is 0. The number of cyclic esters (lactones) is 1. The summed E-state index contributed by atoms with van der Waals surface area (Å²) in [6.07, 6.45) is 1.08. The van der Waals surface area contributed by atoms with E-state index >= 15 is 0 Å². The molecule has 2 aliphatic rings. The highest BCUT2D eigenvalue weighted by Crippen LogP contribution is 2.18. The van der Waals surface area contributed by atoms with Crippen molar-refractivity contribution in [2.75, 3.05) is 50.5 Å². The highest BCUT2D eigenvalue weighted by molar-refractivity contribution is 8.04. The van der Waals surface area contributed by atoms with Gasteiger partial charge in [-0.2, -0.15) is 4.31 Å². The van der Waals surface area contributed by atoms with E-state index < -0.39 is 41.6 Å². The molecular formula is C12H23N3O8S3. The van der Waals surface area contributed by atoms with Crippen LogP contribution in [0.4, 0.5) is 0 Å². The Kier molecular flexibility index (Phi) is 6.66. The van der Waals surface area contributed by atoms with Crippen LogP contribution in [0.15, 0.2) is 0 Å². The largest absolute Gasteiger partial charge is 0.464 e. The molecule has 0 radical (unpaired) electrons.